The van der Waals surface area contributed by atoms with E-state index in [1.807, 2.05) is 44.3 Å². The Bertz CT molecular complexity index is 688. The van der Waals surface area contributed by atoms with Crippen molar-refractivity contribution >= 4 is 10.9 Å². The third kappa shape index (κ3) is 1.71. The summed E-state index contributed by atoms with van der Waals surface area (Å²) in [5.41, 5.74) is 7.51. The van der Waals surface area contributed by atoms with Crippen molar-refractivity contribution in [3.05, 3.63) is 42.4 Å². The van der Waals surface area contributed by atoms with Crippen molar-refractivity contribution in [2.24, 2.45) is 5.73 Å². The lowest BCUT2D eigenvalue weighted by Gasteiger charge is -2.13. The van der Waals surface area contributed by atoms with Crippen LogP contribution in [0.3, 0.4) is 0 Å². The number of rotatable bonds is 2. The maximum atomic E-state index is 5.99. The van der Waals surface area contributed by atoms with E-state index in [0.717, 1.165) is 16.5 Å². The van der Waals surface area contributed by atoms with Gasteiger partial charge in [-0.1, -0.05) is 18.2 Å². The number of aromatic nitrogens is 2. The number of oxazole rings is 1. The highest BCUT2D eigenvalue weighted by Gasteiger charge is 2.21. The third-order valence-electron chi connectivity index (χ3n) is 2.96. The molecule has 0 saturated heterocycles. The first-order valence-electron chi connectivity index (χ1n) is 5.87. The van der Waals surface area contributed by atoms with Crippen LogP contribution in [-0.4, -0.2) is 9.97 Å². The Kier molecular flexibility index (Phi) is 2.28. The van der Waals surface area contributed by atoms with Crippen LogP contribution < -0.4 is 5.73 Å². The Morgan fingerprint density at radius 2 is 2.06 bits per heavy atom. The zero-order chi connectivity index (χ0) is 12.8. The minimum atomic E-state index is -0.517. The van der Waals surface area contributed by atoms with E-state index in [-0.39, 0.29) is 0 Å². The summed E-state index contributed by atoms with van der Waals surface area (Å²) in [4.78, 5) is 7.51. The number of nitrogens with one attached hydrogen (secondary N) is 1. The van der Waals surface area contributed by atoms with Gasteiger partial charge in [0.2, 0.25) is 5.89 Å². The van der Waals surface area contributed by atoms with E-state index in [9.17, 15) is 0 Å². The molecule has 0 amide bonds. The van der Waals surface area contributed by atoms with Crippen LogP contribution >= 0.6 is 0 Å². The second kappa shape index (κ2) is 3.71. The van der Waals surface area contributed by atoms with Crippen molar-refractivity contribution in [2.45, 2.75) is 19.4 Å². The summed E-state index contributed by atoms with van der Waals surface area (Å²) in [7, 11) is 0. The summed E-state index contributed by atoms with van der Waals surface area (Å²) < 4.78 is 5.74. The Hall–Kier alpha value is -2.07. The topological polar surface area (TPSA) is 67.8 Å². The summed E-state index contributed by atoms with van der Waals surface area (Å²) in [6, 6.07) is 8.05. The fourth-order valence-corrected chi connectivity index (χ4v) is 1.94. The lowest BCUT2D eigenvalue weighted by Crippen LogP contribution is -2.27. The molecule has 18 heavy (non-hydrogen) atoms. The predicted octanol–water partition coefficient (Wildman–Crippen LogP) is 3.02. The molecule has 0 radical (unpaired) electrons. The highest BCUT2D eigenvalue weighted by Crippen LogP contribution is 2.29. The monoisotopic (exact) mass is 241 g/mol. The number of para-hydroxylation sites is 1. The molecule has 0 atom stereocenters. The van der Waals surface area contributed by atoms with E-state index in [4.69, 9.17) is 10.2 Å². The Balaban J connectivity index is 2.13. The van der Waals surface area contributed by atoms with Crippen molar-refractivity contribution in [3.8, 4) is 11.5 Å². The number of benzene rings is 1. The van der Waals surface area contributed by atoms with Gasteiger partial charge in [-0.05, 0) is 19.9 Å². The molecule has 2 aromatic heterocycles. The second-order valence-electron chi connectivity index (χ2n) is 5.00. The summed E-state index contributed by atoms with van der Waals surface area (Å²) in [5, 5.41) is 1.10. The van der Waals surface area contributed by atoms with Crippen LogP contribution in [0.4, 0.5) is 0 Å². The standard InChI is InChI=1S/C14H15N3O/c1-14(2,15)12-8-17-13(18-12)10-7-16-11-6-4-3-5-9(10)11/h3-8,16H,15H2,1-2H3. The minimum Gasteiger partial charge on any atom is -0.439 e. The Morgan fingerprint density at radius 3 is 2.78 bits per heavy atom. The lowest BCUT2D eigenvalue weighted by atomic mass is 10.1. The molecule has 0 unspecified atom stereocenters. The van der Waals surface area contributed by atoms with Crippen LogP contribution in [0.15, 0.2) is 41.1 Å². The van der Waals surface area contributed by atoms with Crippen LogP contribution in [0.25, 0.3) is 22.4 Å². The fraction of sp³-hybridized carbons (Fsp3) is 0.214. The van der Waals surface area contributed by atoms with Gasteiger partial charge in [-0.2, -0.15) is 0 Å². The van der Waals surface area contributed by atoms with E-state index < -0.39 is 5.54 Å². The molecule has 2 heterocycles. The third-order valence-corrected chi connectivity index (χ3v) is 2.96. The molecule has 3 aromatic rings. The average molecular weight is 241 g/mol. The van der Waals surface area contributed by atoms with Gasteiger partial charge in [-0.3, -0.25) is 0 Å². The molecule has 4 heteroatoms. The van der Waals surface area contributed by atoms with Gasteiger partial charge in [0.15, 0.2) is 0 Å². The summed E-state index contributed by atoms with van der Waals surface area (Å²) in [5.74, 6) is 1.28. The Labute approximate surface area is 105 Å². The van der Waals surface area contributed by atoms with Crippen LogP contribution in [0.1, 0.15) is 19.6 Å². The maximum absolute atomic E-state index is 5.99. The molecule has 0 bridgehead atoms. The van der Waals surface area contributed by atoms with Gasteiger partial charge in [0.25, 0.3) is 0 Å². The van der Waals surface area contributed by atoms with Gasteiger partial charge in [-0.15, -0.1) is 0 Å². The van der Waals surface area contributed by atoms with Crippen LogP contribution in [0.5, 0.6) is 0 Å². The molecule has 0 spiro atoms. The highest BCUT2D eigenvalue weighted by atomic mass is 16.4. The fourth-order valence-electron chi connectivity index (χ4n) is 1.94. The van der Waals surface area contributed by atoms with Gasteiger partial charge in [0.1, 0.15) is 5.76 Å². The van der Waals surface area contributed by atoms with E-state index in [2.05, 4.69) is 9.97 Å². The molecule has 0 saturated carbocycles. The molecule has 4 nitrogen and oxygen atoms in total. The molecule has 92 valence electrons. The van der Waals surface area contributed by atoms with Gasteiger partial charge in [0, 0.05) is 17.1 Å². The second-order valence-corrected chi connectivity index (χ2v) is 5.00. The normalized spacial score (nSPS) is 12.2. The first kappa shape index (κ1) is 11.0. The van der Waals surface area contributed by atoms with E-state index >= 15 is 0 Å². The molecule has 1 aromatic carbocycles. The summed E-state index contributed by atoms with van der Waals surface area (Å²) in [6.45, 7) is 3.79. The van der Waals surface area contributed by atoms with Crippen molar-refractivity contribution in [2.75, 3.05) is 0 Å². The number of H-pyrrole nitrogens is 1. The molecule has 3 N–H and O–H groups in total. The molecule has 0 aliphatic heterocycles. The molecular weight excluding hydrogens is 226 g/mol. The number of hydrogen-bond acceptors (Lipinski definition) is 3. The average Bonchev–Trinajstić information content (AvgIpc) is 2.94. The van der Waals surface area contributed by atoms with E-state index in [1.54, 1.807) is 6.20 Å². The SMILES string of the molecule is CC(C)(N)c1cnc(-c2c[nH]c3ccccc23)o1. The van der Waals surface area contributed by atoms with Crippen LogP contribution in [-0.2, 0) is 5.54 Å². The van der Waals surface area contributed by atoms with Gasteiger partial charge in [0.05, 0.1) is 17.3 Å². The number of nitrogens with two attached hydrogens (primary N) is 1. The molecule has 0 aliphatic carbocycles. The summed E-state index contributed by atoms with van der Waals surface area (Å²) >= 11 is 0. The largest absolute Gasteiger partial charge is 0.439 e. The highest BCUT2D eigenvalue weighted by molar-refractivity contribution is 5.93. The quantitative estimate of drug-likeness (QED) is 0.724. The molecule has 0 aliphatic rings. The molecular formula is C14H15N3O. The number of aromatic amines is 1. The van der Waals surface area contributed by atoms with Crippen molar-refractivity contribution in [1.29, 1.82) is 0 Å². The van der Waals surface area contributed by atoms with Crippen molar-refractivity contribution < 1.29 is 4.42 Å². The molecule has 3 rings (SSSR count). The van der Waals surface area contributed by atoms with Gasteiger partial charge >= 0.3 is 0 Å². The maximum Gasteiger partial charge on any atom is 0.228 e. The number of hydrogen-bond donors (Lipinski definition) is 2. The number of fused-ring (bicyclic) bond motifs is 1. The van der Waals surface area contributed by atoms with E-state index in [1.165, 1.54) is 0 Å². The van der Waals surface area contributed by atoms with Gasteiger partial charge in [-0.25, -0.2) is 4.98 Å². The van der Waals surface area contributed by atoms with Crippen molar-refractivity contribution in [1.82, 2.24) is 9.97 Å². The Morgan fingerprint density at radius 1 is 1.28 bits per heavy atom. The van der Waals surface area contributed by atoms with Crippen LogP contribution in [0, 0.1) is 0 Å². The van der Waals surface area contributed by atoms with Gasteiger partial charge < -0.3 is 15.1 Å². The summed E-state index contributed by atoms with van der Waals surface area (Å²) in [6.07, 6.45) is 3.60. The van der Waals surface area contributed by atoms with E-state index in [0.29, 0.717) is 11.7 Å². The molecule has 0 fully saturated rings. The predicted molar refractivity (Wildman–Crippen MR) is 71.0 cm³/mol. The lowest BCUT2D eigenvalue weighted by molar-refractivity contribution is 0.400. The first-order chi connectivity index (χ1) is 8.55. The number of nitrogens with zero attached hydrogens (tertiary/aromatic N) is 1. The first-order valence-corrected chi connectivity index (χ1v) is 5.87. The van der Waals surface area contributed by atoms with Crippen molar-refractivity contribution in [3.63, 3.8) is 0 Å². The zero-order valence-corrected chi connectivity index (χ0v) is 10.4. The smallest absolute Gasteiger partial charge is 0.228 e. The minimum absolute atomic E-state index is 0.517. The van der Waals surface area contributed by atoms with Crippen LogP contribution in [0.2, 0.25) is 0 Å². The zero-order valence-electron chi connectivity index (χ0n) is 10.4.